The fourth-order valence-electron chi connectivity index (χ4n) is 2.12. The fraction of sp³-hybridized carbons (Fsp3) is 0.375. The third kappa shape index (κ3) is 3.42. The first-order valence-corrected chi connectivity index (χ1v) is 7.00. The molecular weight excluding hydrogens is 266 g/mol. The highest BCUT2D eigenvalue weighted by molar-refractivity contribution is 5.75. The second kappa shape index (κ2) is 6.92. The number of hydrogen-bond acceptors (Lipinski definition) is 5. The van der Waals surface area contributed by atoms with Crippen LogP contribution in [0.4, 0.5) is 5.95 Å². The van der Waals surface area contributed by atoms with Crippen LogP contribution in [-0.2, 0) is 0 Å². The van der Waals surface area contributed by atoms with E-state index in [0.717, 1.165) is 41.4 Å². The Kier molecular flexibility index (Phi) is 4.98. The molecule has 0 saturated carbocycles. The number of benzene rings is 1. The lowest BCUT2D eigenvalue weighted by atomic mass is 10.1. The standard InChI is InChI=1S/C16H21N3O2/c1-5-9-17-16-18-11(2)10-12(19-16)15-13(20-3)7-6-8-14(15)21-4/h6-8,10H,5,9H2,1-4H3,(H,17,18,19). The molecule has 0 aliphatic carbocycles. The number of nitrogens with zero attached hydrogens (tertiary/aromatic N) is 2. The second-order valence-electron chi connectivity index (χ2n) is 4.68. The van der Waals surface area contributed by atoms with E-state index in [2.05, 4.69) is 22.2 Å². The van der Waals surface area contributed by atoms with Crippen molar-refractivity contribution >= 4 is 5.95 Å². The van der Waals surface area contributed by atoms with E-state index in [1.807, 2.05) is 31.2 Å². The topological polar surface area (TPSA) is 56.3 Å². The van der Waals surface area contributed by atoms with Crippen molar-refractivity contribution in [1.29, 1.82) is 0 Å². The Morgan fingerprint density at radius 2 is 1.76 bits per heavy atom. The Hall–Kier alpha value is -2.30. The molecule has 0 saturated heterocycles. The van der Waals surface area contributed by atoms with Crippen molar-refractivity contribution in [2.45, 2.75) is 20.3 Å². The van der Waals surface area contributed by atoms with E-state index in [1.165, 1.54) is 0 Å². The molecule has 0 aliphatic rings. The smallest absolute Gasteiger partial charge is 0.223 e. The van der Waals surface area contributed by atoms with Gasteiger partial charge in [0.1, 0.15) is 11.5 Å². The minimum absolute atomic E-state index is 0.625. The summed E-state index contributed by atoms with van der Waals surface area (Å²) in [5.41, 5.74) is 2.52. The van der Waals surface area contributed by atoms with Crippen molar-refractivity contribution in [2.75, 3.05) is 26.1 Å². The van der Waals surface area contributed by atoms with Crippen LogP contribution in [0, 0.1) is 6.92 Å². The van der Waals surface area contributed by atoms with E-state index >= 15 is 0 Å². The Balaban J connectivity index is 2.53. The Bertz CT molecular complexity index is 592. The Morgan fingerprint density at radius 1 is 1.10 bits per heavy atom. The van der Waals surface area contributed by atoms with Crippen molar-refractivity contribution in [3.8, 4) is 22.8 Å². The van der Waals surface area contributed by atoms with Gasteiger partial charge in [0, 0.05) is 12.2 Å². The average molecular weight is 287 g/mol. The van der Waals surface area contributed by atoms with Gasteiger partial charge in [-0.15, -0.1) is 0 Å². The molecule has 5 heteroatoms. The lowest BCUT2D eigenvalue weighted by Crippen LogP contribution is -2.06. The first kappa shape index (κ1) is 15.1. The molecule has 0 bridgehead atoms. The lowest BCUT2D eigenvalue weighted by molar-refractivity contribution is 0.397. The quantitative estimate of drug-likeness (QED) is 0.883. The first-order valence-electron chi connectivity index (χ1n) is 7.00. The maximum absolute atomic E-state index is 5.44. The van der Waals surface area contributed by atoms with E-state index in [9.17, 15) is 0 Å². The summed E-state index contributed by atoms with van der Waals surface area (Å²) in [5, 5.41) is 3.22. The van der Waals surface area contributed by atoms with Gasteiger partial charge in [0.2, 0.25) is 5.95 Å². The maximum Gasteiger partial charge on any atom is 0.223 e. The number of hydrogen-bond donors (Lipinski definition) is 1. The van der Waals surface area contributed by atoms with Crippen molar-refractivity contribution < 1.29 is 9.47 Å². The van der Waals surface area contributed by atoms with Gasteiger partial charge >= 0.3 is 0 Å². The molecule has 1 aromatic carbocycles. The largest absolute Gasteiger partial charge is 0.496 e. The molecule has 0 atom stereocenters. The highest BCUT2D eigenvalue weighted by Gasteiger charge is 2.15. The van der Waals surface area contributed by atoms with Crippen LogP contribution >= 0.6 is 0 Å². The maximum atomic E-state index is 5.44. The zero-order valence-corrected chi connectivity index (χ0v) is 12.9. The minimum Gasteiger partial charge on any atom is -0.496 e. The Labute approximate surface area is 125 Å². The van der Waals surface area contributed by atoms with Crippen LogP contribution in [0.25, 0.3) is 11.3 Å². The second-order valence-corrected chi connectivity index (χ2v) is 4.68. The normalized spacial score (nSPS) is 10.3. The monoisotopic (exact) mass is 287 g/mol. The highest BCUT2D eigenvalue weighted by atomic mass is 16.5. The van der Waals surface area contributed by atoms with Gasteiger partial charge in [-0.2, -0.15) is 0 Å². The van der Waals surface area contributed by atoms with Crippen LogP contribution < -0.4 is 14.8 Å². The average Bonchev–Trinajstić information content (AvgIpc) is 2.51. The molecule has 112 valence electrons. The van der Waals surface area contributed by atoms with Gasteiger partial charge in [0.15, 0.2) is 0 Å². The molecule has 0 spiro atoms. The third-order valence-electron chi connectivity index (χ3n) is 3.07. The number of aryl methyl sites for hydroxylation is 1. The summed E-state index contributed by atoms with van der Waals surface area (Å²) in [7, 11) is 3.28. The summed E-state index contributed by atoms with van der Waals surface area (Å²) < 4.78 is 10.9. The summed E-state index contributed by atoms with van der Waals surface area (Å²) in [6.07, 6.45) is 1.02. The van der Waals surface area contributed by atoms with E-state index in [-0.39, 0.29) is 0 Å². The van der Waals surface area contributed by atoms with Crippen LogP contribution in [0.1, 0.15) is 19.0 Å². The molecule has 1 aromatic heterocycles. The van der Waals surface area contributed by atoms with Crippen LogP contribution in [0.15, 0.2) is 24.3 Å². The lowest BCUT2D eigenvalue weighted by Gasteiger charge is -2.14. The summed E-state index contributed by atoms with van der Waals surface area (Å²) in [6.45, 7) is 4.89. The van der Waals surface area contributed by atoms with E-state index < -0.39 is 0 Å². The summed E-state index contributed by atoms with van der Waals surface area (Å²) in [6, 6.07) is 7.62. The zero-order valence-electron chi connectivity index (χ0n) is 12.9. The van der Waals surface area contributed by atoms with E-state index in [1.54, 1.807) is 14.2 Å². The molecular formula is C16H21N3O2. The van der Waals surface area contributed by atoms with Crippen molar-refractivity contribution in [3.05, 3.63) is 30.0 Å². The van der Waals surface area contributed by atoms with Gasteiger partial charge in [-0.25, -0.2) is 9.97 Å². The molecule has 0 unspecified atom stereocenters. The summed E-state index contributed by atoms with van der Waals surface area (Å²) >= 11 is 0. The zero-order chi connectivity index (χ0) is 15.2. The molecule has 0 radical (unpaired) electrons. The van der Waals surface area contributed by atoms with Crippen LogP contribution in [0.3, 0.4) is 0 Å². The first-order chi connectivity index (χ1) is 10.2. The van der Waals surface area contributed by atoms with Crippen molar-refractivity contribution in [3.63, 3.8) is 0 Å². The molecule has 1 N–H and O–H groups in total. The van der Waals surface area contributed by atoms with Gasteiger partial charge in [-0.3, -0.25) is 0 Å². The number of rotatable bonds is 6. The summed E-state index contributed by atoms with van der Waals surface area (Å²) in [4.78, 5) is 8.98. The summed E-state index contributed by atoms with van der Waals surface area (Å²) in [5.74, 6) is 2.09. The van der Waals surface area contributed by atoms with Crippen LogP contribution in [-0.4, -0.2) is 30.7 Å². The van der Waals surface area contributed by atoms with Crippen LogP contribution in [0.2, 0.25) is 0 Å². The molecule has 0 amide bonds. The number of anilines is 1. The minimum atomic E-state index is 0.625. The number of ether oxygens (including phenoxy) is 2. The van der Waals surface area contributed by atoms with E-state index in [4.69, 9.17) is 9.47 Å². The van der Waals surface area contributed by atoms with Gasteiger partial charge in [0.25, 0.3) is 0 Å². The predicted octanol–water partition coefficient (Wildman–Crippen LogP) is 3.29. The third-order valence-corrected chi connectivity index (χ3v) is 3.07. The van der Waals surface area contributed by atoms with Gasteiger partial charge in [0.05, 0.1) is 25.5 Å². The molecule has 5 nitrogen and oxygen atoms in total. The fourth-order valence-corrected chi connectivity index (χ4v) is 2.12. The van der Waals surface area contributed by atoms with Gasteiger partial charge in [-0.05, 0) is 31.5 Å². The molecule has 0 aliphatic heterocycles. The molecule has 0 fully saturated rings. The SMILES string of the molecule is CCCNc1nc(C)cc(-c2c(OC)cccc2OC)n1. The van der Waals surface area contributed by atoms with Crippen molar-refractivity contribution in [1.82, 2.24) is 9.97 Å². The van der Waals surface area contributed by atoms with E-state index in [0.29, 0.717) is 5.95 Å². The highest BCUT2D eigenvalue weighted by Crippen LogP contribution is 2.37. The number of aromatic nitrogens is 2. The molecule has 2 aromatic rings. The van der Waals surface area contributed by atoms with Gasteiger partial charge in [-0.1, -0.05) is 13.0 Å². The number of nitrogens with one attached hydrogen (secondary N) is 1. The number of methoxy groups -OCH3 is 2. The molecule has 21 heavy (non-hydrogen) atoms. The van der Waals surface area contributed by atoms with Gasteiger partial charge < -0.3 is 14.8 Å². The predicted molar refractivity (Wildman–Crippen MR) is 84.1 cm³/mol. The Morgan fingerprint density at radius 3 is 2.33 bits per heavy atom. The van der Waals surface area contributed by atoms with Crippen molar-refractivity contribution in [2.24, 2.45) is 0 Å². The molecule has 1 heterocycles. The van der Waals surface area contributed by atoms with Crippen LogP contribution in [0.5, 0.6) is 11.5 Å². The molecule has 2 rings (SSSR count).